The highest BCUT2D eigenvalue weighted by Gasteiger charge is 2.12. The van der Waals surface area contributed by atoms with Gasteiger partial charge >= 0.3 is 6.09 Å². The summed E-state index contributed by atoms with van der Waals surface area (Å²) in [6.07, 6.45) is -0.411. The van der Waals surface area contributed by atoms with Crippen molar-refractivity contribution in [2.24, 2.45) is 0 Å². The lowest BCUT2D eigenvalue weighted by molar-refractivity contribution is 0.169. The van der Waals surface area contributed by atoms with Gasteiger partial charge in [-0.2, -0.15) is 0 Å². The zero-order chi connectivity index (χ0) is 18.9. The lowest BCUT2D eigenvalue weighted by Gasteiger charge is -2.28. The minimum Gasteiger partial charge on any atom is -0.448 e. The second kappa shape index (κ2) is 10.3. The van der Waals surface area contributed by atoms with E-state index in [1.165, 1.54) is 16.0 Å². The topological polar surface area (TPSA) is 53.6 Å². The molecule has 144 valence electrons. The van der Waals surface area contributed by atoms with Gasteiger partial charge in [-0.15, -0.1) is 11.8 Å². The Labute approximate surface area is 165 Å². The van der Waals surface area contributed by atoms with Crippen LogP contribution in [-0.2, 0) is 11.3 Å². The molecule has 1 amide bonds. The Morgan fingerprint density at radius 3 is 2.70 bits per heavy atom. The van der Waals surface area contributed by atoms with Crippen molar-refractivity contribution >= 4 is 23.5 Å². The van der Waals surface area contributed by atoms with Crippen molar-refractivity contribution in [1.29, 1.82) is 0 Å². The summed E-state index contributed by atoms with van der Waals surface area (Å²) in [5.74, 6) is 0.736. The molecule has 1 fully saturated rings. The van der Waals surface area contributed by atoms with Crippen LogP contribution >= 0.6 is 11.8 Å². The second-order valence-corrected chi connectivity index (χ2v) is 7.68. The van der Waals surface area contributed by atoms with Crippen LogP contribution in [0.1, 0.15) is 11.1 Å². The van der Waals surface area contributed by atoms with Crippen LogP contribution in [0.15, 0.2) is 53.4 Å². The number of nitrogens with one attached hydrogen (secondary N) is 2. The van der Waals surface area contributed by atoms with Gasteiger partial charge in [0.2, 0.25) is 0 Å². The van der Waals surface area contributed by atoms with Crippen molar-refractivity contribution in [2.75, 3.05) is 43.9 Å². The van der Waals surface area contributed by atoms with Gasteiger partial charge in [0.25, 0.3) is 0 Å². The van der Waals surface area contributed by atoms with Crippen molar-refractivity contribution in [3.05, 3.63) is 59.7 Å². The third kappa shape index (κ3) is 6.27. The maximum atomic E-state index is 11.8. The molecule has 0 unspecified atom stereocenters. The number of ether oxygens (including phenoxy) is 1. The van der Waals surface area contributed by atoms with Crippen LogP contribution in [0.5, 0.6) is 0 Å². The summed E-state index contributed by atoms with van der Waals surface area (Å²) in [5, 5.41) is 6.12. The quantitative estimate of drug-likeness (QED) is 0.562. The molecule has 0 saturated carbocycles. The molecule has 6 heteroatoms. The van der Waals surface area contributed by atoms with Crippen LogP contribution in [0.2, 0.25) is 0 Å². The Morgan fingerprint density at radius 2 is 1.93 bits per heavy atom. The largest absolute Gasteiger partial charge is 0.448 e. The van der Waals surface area contributed by atoms with Gasteiger partial charge < -0.3 is 10.1 Å². The molecule has 1 aliphatic heterocycles. The zero-order valence-corrected chi connectivity index (χ0v) is 16.6. The number of para-hydroxylation sites is 1. The first kappa shape index (κ1) is 19.7. The fourth-order valence-corrected chi connectivity index (χ4v) is 3.97. The predicted octanol–water partition coefficient (Wildman–Crippen LogP) is 3.74. The van der Waals surface area contributed by atoms with E-state index >= 15 is 0 Å². The molecule has 2 aromatic rings. The number of hydrogen-bond donors (Lipinski definition) is 2. The SMILES string of the molecule is Cc1c(CN2CCNCC2)cccc1SCCOC(=O)Nc1ccccc1. The lowest BCUT2D eigenvalue weighted by atomic mass is 10.1. The Bertz CT molecular complexity index is 733. The molecule has 1 saturated heterocycles. The molecule has 2 aromatic carbocycles. The van der Waals surface area contributed by atoms with E-state index in [9.17, 15) is 4.79 Å². The number of anilines is 1. The average Bonchev–Trinajstić information content (AvgIpc) is 2.69. The van der Waals surface area contributed by atoms with Crippen LogP contribution in [0.3, 0.4) is 0 Å². The molecule has 0 aliphatic carbocycles. The van der Waals surface area contributed by atoms with E-state index in [0.29, 0.717) is 6.61 Å². The maximum absolute atomic E-state index is 11.8. The van der Waals surface area contributed by atoms with Crippen molar-refractivity contribution in [1.82, 2.24) is 10.2 Å². The highest BCUT2D eigenvalue weighted by Crippen LogP contribution is 2.25. The van der Waals surface area contributed by atoms with E-state index in [2.05, 4.69) is 40.7 Å². The normalized spacial score (nSPS) is 14.7. The highest BCUT2D eigenvalue weighted by atomic mass is 32.2. The molecule has 0 radical (unpaired) electrons. The minimum atomic E-state index is -0.411. The molecule has 0 spiro atoms. The number of thioether (sulfide) groups is 1. The summed E-state index contributed by atoms with van der Waals surface area (Å²) in [4.78, 5) is 15.6. The standard InChI is InChI=1S/C21H27N3O2S/c1-17-18(16-24-12-10-22-11-13-24)6-5-9-20(17)27-15-14-26-21(25)23-19-7-3-2-4-8-19/h2-9,22H,10-16H2,1H3,(H,23,25). The maximum Gasteiger partial charge on any atom is 0.411 e. The van der Waals surface area contributed by atoms with Crippen LogP contribution in [0, 0.1) is 6.92 Å². The van der Waals surface area contributed by atoms with E-state index in [-0.39, 0.29) is 0 Å². The third-order valence-corrected chi connectivity index (χ3v) is 5.72. The van der Waals surface area contributed by atoms with E-state index in [1.807, 2.05) is 30.3 Å². The number of amides is 1. The first-order valence-electron chi connectivity index (χ1n) is 9.35. The van der Waals surface area contributed by atoms with Crippen molar-refractivity contribution in [3.63, 3.8) is 0 Å². The number of hydrogen-bond acceptors (Lipinski definition) is 5. The van der Waals surface area contributed by atoms with Crippen molar-refractivity contribution < 1.29 is 9.53 Å². The van der Waals surface area contributed by atoms with E-state index in [1.54, 1.807) is 11.8 Å². The van der Waals surface area contributed by atoms with Crippen LogP contribution in [-0.4, -0.2) is 49.5 Å². The predicted molar refractivity (Wildman–Crippen MR) is 111 cm³/mol. The van der Waals surface area contributed by atoms with Crippen LogP contribution in [0.25, 0.3) is 0 Å². The molecule has 27 heavy (non-hydrogen) atoms. The molecule has 3 rings (SSSR count). The fraction of sp³-hybridized carbons (Fsp3) is 0.381. The third-order valence-electron chi connectivity index (χ3n) is 4.59. The van der Waals surface area contributed by atoms with Crippen LogP contribution in [0.4, 0.5) is 10.5 Å². The second-order valence-electron chi connectivity index (χ2n) is 6.54. The van der Waals surface area contributed by atoms with Crippen LogP contribution < -0.4 is 10.6 Å². The molecule has 0 bridgehead atoms. The summed E-state index contributed by atoms with van der Waals surface area (Å²) >= 11 is 1.74. The van der Waals surface area contributed by atoms with E-state index in [0.717, 1.165) is 44.2 Å². The number of carbonyl (C=O) groups excluding carboxylic acids is 1. The summed E-state index contributed by atoms with van der Waals surface area (Å²) in [6, 6.07) is 15.8. The summed E-state index contributed by atoms with van der Waals surface area (Å²) in [5.41, 5.74) is 3.45. The molecule has 1 aliphatic rings. The Morgan fingerprint density at radius 1 is 1.15 bits per heavy atom. The Hall–Kier alpha value is -2.02. The molecular formula is C21H27N3O2S. The number of benzene rings is 2. The van der Waals surface area contributed by atoms with Gasteiger partial charge in [0.1, 0.15) is 6.61 Å². The molecule has 0 aromatic heterocycles. The summed E-state index contributed by atoms with van der Waals surface area (Å²) in [7, 11) is 0. The van der Waals surface area contributed by atoms with E-state index in [4.69, 9.17) is 4.74 Å². The number of piperazine rings is 1. The van der Waals surface area contributed by atoms with Gasteiger partial charge in [-0.1, -0.05) is 30.3 Å². The molecule has 1 heterocycles. The van der Waals surface area contributed by atoms with Gasteiger partial charge in [-0.05, 0) is 36.2 Å². The Balaban J connectivity index is 1.43. The van der Waals surface area contributed by atoms with Gasteiger partial charge in [0.15, 0.2) is 0 Å². The van der Waals surface area contributed by atoms with Gasteiger partial charge in [-0.3, -0.25) is 10.2 Å². The Kier molecular flexibility index (Phi) is 7.56. The van der Waals surface area contributed by atoms with E-state index < -0.39 is 6.09 Å². The molecule has 5 nitrogen and oxygen atoms in total. The number of nitrogens with zero attached hydrogens (tertiary/aromatic N) is 1. The first-order chi connectivity index (χ1) is 13.2. The molecule has 0 atom stereocenters. The highest BCUT2D eigenvalue weighted by molar-refractivity contribution is 7.99. The lowest BCUT2D eigenvalue weighted by Crippen LogP contribution is -2.43. The summed E-state index contributed by atoms with van der Waals surface area (Å²) in [6.45, 7) is 7.89. The monoisotopic (exact) mass is 385 g/mol. The summed E-state index contributed by atoms with van der Waals surface area (Å²) < 4.78 is 5.27. The van der Waals surface area contributed by atoms with Gasteiger partial charge in [0, 0.05) is 49.1 Å². The average molecular weight is 386 g/mol. The molecular weight excluding hydrogens is 358 g/mol. The van der Waals surface area contributed by atoms with Gasteiger partial charge in [0.05, 0.1) is 0 Å². The van der Waals surface area contributed by atoms with Crippen molar-refractivity contribution in [2.45, 2.75) is 18.4 Å². The zero-order valence-electron chi connectivity index (χ0n) is 15.7. The minimum absolute atomic E-state index is 0.380. The first-order valence-corrected chi connectivity index (χ1v) is 10.3. The van der Waals surface area contributed by atoms with Crippen molar-refractivity contribution in [3.8, 4) is 0 Å². The smallest absolute Gasteiger partial charge is 0.411 e. The number of carbonyl (C=O) groups is 1. The number of rotatable bonds is 7. The van der Waals surface area contributed by atoms with Gasteiger partial charge in [-0.25, -0.2) is 4.79 Å². The fourth-order valence-electron chi connectivity index (χ4n) is 3.06. The molecule has 2 N–H and O–H groups in total.